The Kier molecular flexibility index (Phi) is 9.54. The van der Waals surface area contributed by atoms with Crippen molar-refractivity contribution in [3.05, 3.63) is 27.7 Å². The quantitative estimate of drug-likeness (QED) is 0.459. The van der Waals surface area contributed by atoms with Gasteiger partial charge in [0.15, 0.2) is 0 Å². The van der Waals surface area contributed by atoms with Gasteiger partial charge in [0.05, 0.1) is 17.2 Å². The summed E-state index contributed by atoms with van der Waals surface area (Å²) in [5.74, 6) is 1.93. The highest BCUT2D eigenvalue weighted by Gasteiger charge is 2.32. The van der Waals surface area contributed by atoms with Crippen LogP contribution < -0.4 is 4.74 Å². The van der Waals surface area contributed by atoms with Gasteiger partial charge in [0.1, 0.15) is 17.9 Å². The van der Waals surface area contributed by atoms with E-state index < -0.39 is 0 Å². The number of benzene rings is 1. The highest BCUT2D eigenvalue weighted by molar-refractivity contribution is 6.42. The Balaban J connectivity index is 1.42. The summed E-state index contributed by atoms with van der Waals surface area (Å²) in [6, 6.07) is 3.63. The van der Waals surface area contributed by atoms with Crippen molar-refractivity contribution in [3.8, 4) is 5.75 Å². The third kappa shape index (κ3) is 6.75. The molecule has 2 aliphatic heterocycles. The Morgan fingerprint density at radius 1 is 1.09 bits per heavy atom. The van der Waals surface area contributed by atoms with E-state index in [0.717, 1.165) is 76.1 Å². The van der Waals surface area contributed by atoms with Crippen LogP contribution >= 0.6 is 23.2 Å². The molecule has 7 heteroatoms. The maximum Gasteiger partial charge on any atom is 0.323 e. The number of hydrogen-bond acceptors (Lipinski definition) is 5. The molecule has 0 aliphatic carbocycles. The van der Waals surface area contributed by atoms with Crippen molar-refractivity contribution in [2.75, 3.05) is 39.8 Å². The molecule has 3 rings (SSSR count). The fourth-order valence-corrected chi connectivity index (χ4v) is 5.30. The lowest BCUT2D eigenvalue weighted by atomic mass is 9.92. The van der Waals surface area contributed by atoms with Gasteiger partial charge in [-0.15, -0.1) is 0 Å². The van der Waals surface area contributed by atoms with Crippen LogP contribution in [0.25, 0.3) is 0 Å². The molecule has 0 saturated carbocycles. The molecule has 0 bridgehead atoms. The summed E-state index contributed by atoms with van der Waals surface area (Å²) in [4.78, 5) is 17.2. The molecule has 2 saturated heterocycles. The van der Waals surface area contributed by atoms with Crippen LogP contribution in [0.3, 0.4) is 0 Å². The molecule has 1 atom stereocenters. The standard InChI is InChI=1S/C25H38Cl2N2O3/c1-17(2)15-22(25(30)31-4)29-13-7-19(8-14-29)16-28-11-9-20(10-12-28)32-23-6-5-21(26)24(27)18(23)3/h5-6,17,19-20,22H,7-16H2,1-4H3/t22-/m0/s1. The lowest BCUT2D eigenvalue weighted by Gasteiger charge is -2.39. The number of esters is 1. The monoisotopic (exact) mass is 484 g/mol. The van der Waals surface area contributed by atoms with Gasteiger partial charge in [-0.05, 0) is 76.1 Å². The number of halogens is 2. The van der Waals surface area contributed by atoms with Crippen molar-refractivity contribution in [3.63, 3.8) is 0 Å². The first-order valence-corrected chi connectivity index (χ1v) is 12.7. The van der Waals surface area contributed by atoms with Gasteiger partial charge in [-0.25, -0.2) is 0 Å². The molecular weight excluding hydrogens is 447 g/mol. The van der Waals surface area contributed by atoms with Gasteiger partial charge in [-0.1, -0.05) is 37.0 Å². The topological polar surface area (TPSA) is 42.0 Å². The number of nitrogens with zero attached hydrogens (tertiary/aromatic N) is 2. The Bertz CT molecular complexity index is 758. The van der Waals surface area contributed by atoms with Crippen molar-refractivity contribution < 1.29 is 14.3 Å². The lowest BCUT2D eigenvalue weighted by molar-refractivity contribution is -0.148. The van der Waals surface area contributed by atoms with E-state index in [1.165, 1.54) is 7.11 Å². The second kappa shape index (κ2) is 11.9. The van der Waals surface area contributed by atoms with Crippen LogP contribution in [0.5, 0.6) is 5.75 Å². The van der Waals surface area contributed by atoms with Gasteiger partial charge in [0, 0.05) is 25.2 Å². The zero-order valence-corrected chi connectivity index (χ0v) is 21.4. The molecule has 1 aromatic carbocycles. The van der Waals surface area contributed by atoms with Gasteiger partial charge >= 0.3 is 5.97 Å². The first kappa shape index (κ1) is 25.6. The first-order valence-electron chi connectivity index (χ1n) is 11.9. The molecule has 2 fully saturated rings. The van der Waals surface area contributed by atoms with E-state index >= 15 is 0 Å². The zero-order valence-electron chi connectivity index (χ0n) is 19.9. The molecule has 0 radical (unpaired) electrons. The summed E-state index contributed by atoms with van der Waals surface area (Å²) in [7, 11) is 1.50. The molecule has 0 aromatic heterocycles. The minimum Gasteiger partial charge on any atom is -0.490 e. The molecule has 2 aliphatic rings. The molecular formula is C25H38Cl2N2O3. The second-order valence-electron chi connectivity index (χ2n) is 9.75. The smallest absolute Gasteiger partial charge is 0.323 e. The molecule has 0 amide bonds. The predicted molar refractivity (Wildman–Crippen MR) is 131 cm³/mol. The van der Waals surface area contributed by atoms with Gasteiger partial charge in [-0.2, -0.15) is 0 Å². The summed E-state index contributed by atoms with van der Waals surface area (Å²) in [5, 5.41) is 1.15. The number of rotatable bonds is 8. The number of methoxy groups -OCH3 is 1. The molecule has 0 N–H and O–H groups in total. The SMILES string of the molecule is COC(=O)[C@H](CC(C)C)N1CCC(CN2CCC(Oc3ccc(Cl)c(Cl)c3C)CC2)CC1. The number of hydrogen-bond donors (Lipinski definition) is 0. The van der Waals surface area contributed by atoms with Crippen LogP contribution in [-0.4, -0.2) is 67.7 Å². The molecule has 0 spiro atoms. The molecule has 180 valence electrons. The number of carbonyl (C=O) groups excluding carboxylic acids is 1. The highest BCUT2D eigenvalue weighted by Crippen LogP contribution is 2.33. The summed E-state index contributed by atoms with van der Waals surface area (Å²) >= 11 is 12.4. The molecule has 0 unspecified atom stereocenters. The number of piperidine rings is 2. The Morgan fingerprint density at radius 2 is 1.75 bits per heavy atom. The Labute approximate surface area is 203 Å². The van der Waals surface area contributed by atoms with Crippen molar-refractivity contribution in [2.45, 2.75) is 65.0 Å². The van der Waals surface area contributed by atoms with E-state index in [1.807, 2.05) is 13.0 Å². The van der Waals surface area contributed by atoms with Crippen LogP contribution in [0.1, 0.15) is 51.5 Å². The molecule has 2 heterocycles. The number of carbonyl (C=O) groups is 1. The van der Waals surface area contributed by atoms with E-state index in [1.54, 1.807) is 6.07 Å². The first-order chi connectivity index (χ1) is 15.3. The van der Waals surface area contributed by atoms with E-state index in [2.05, 4.69) is 23.6 Å². The normalized spacial score (nSPS) is 20.5. The van der Waals surface area contributed by atoms with Crippen molar-refractivity contribution in [1.82, 2.24) is 9.80 Å². The fourth-order valence-electron chi connectivity index (χ4n) is 4.94. The van der Waals surface area contributed by atoms with Gasteiger partial charge in [-0.3, -0.25) is 9.69 Å². The lowest BCUT2D eigenvalue weighted by Crippen LogP contribution is -2.48. The average molecular weight is 485 g/mol. The Morgan fingerprint density at radius 3 is 2.34 bits per heavy atom. The van der Waals surface area contributed by atoms with E-state index in [0.29, 0.717) is 21.9 Å². The van der Waals surface area contributed by atoms with Crippen LogP contribution in [0.2, 0.25) is 10.0 Å². The van der Waals surface area contributed by atoms with E-state index in [9.17, 15) is 4.79 Å². The molecule has 1 aromatic rings. The second-order valence-corrected chi connectivity index (χ2v) is 10.5. The van der Waals surface area contributed by atoms with Gasteiger partial charge in [0.25, 0.3) is 0 Å². The predicted octanol–water partition coefficient (Wildman–Crippen LogP) is 5.44. The third-order valence-electron chi connectivity index (χ3n) is 6.89. The van der Waals surface area contributed by atoms with Gasteiger partial charge in [0.2, 0.25) is 0 Å². The zero-order chi connectivity index (χ0) is 23.3. The maximum absolute atomic E-state index is 12.3. The Hall–Kier alpha value is -1.01. The average Bonchev–Trinajstić information content (AvgIpc) is 2.79. The van der Waals surface area contributed by atoms with Crippen LogP contribution in [0.15, 0.2) is 12.1 Å². The van der Waals surface area contributed by atoms with Crippen molar-refractivity contribution in [1.29, 1.82) is 0 Å². The largest absolute Gasteiger partial charge is 0.490 e. The molecule has 5 nitrogen and oxygen atoms in total. The summed E-state index contributed by atoms with van der Waals surface area (Å²) in [5.41, 5.74) is 0.913. The summed E-state index contributed by atoms with van der Waals surface area (Å²) in [6.07, 6.45) is 5.42. The van der Waals surface area contributed by atoms with Crippen LogP contribution in [-0.2, 0) is 9.53 Å². The minimum absolute atomic E-state index is 0.0866. The van der Waals surface area contributed by atoms with Crippen molar-refractivity contribution in [2.24, 2.45) is 11.8 Å². The fraction of sp³-hybridized carbons (Fsp3) is 0.720. The van der Waals surface area contributed by atoms with Gasteiger partial charge < -0.3 is 14.4 Å². The van der Waals surface area contributed by atoms with E-state index in [4.69, 9.17) is 32.7 Å². The minimum atomic E-state index is -0.0985. The van der Waals surface area contributed by atoms with Crippen LogP contribution in [0.4, 0.5) is 0 Å². The maximum atomic E-state index is 12.3. The summed E-state index contributed by atoms with van der Waals surface area (Å²) < 4.78 is 11.3. The van der Waals surface area contributed by atoms with Crippen LogP contribution in [0, 0.1) is 18.8 Å². The van der Waals surface area contributed by atoms with Crippen molar-refractivity contribution >= 4 is 29.2 Å². The third-order valence-corrected chi connectivity index (χ3v) is 7.79. The highest BCUT2D eigenvalue weighted by atomic mass is 35.5. The van der Waals surface area contributed by atoms with E-state index in [-0.39, 0.29) is 18.1 Å². The number of likely N-dealkylation sites (tertiary alicyclic amines) is 2. The summed E-state index contributed by atoms with van der Waals surface area (Å²) in [6.45, 7) is 11.5. The molecule has 32 heavy (non-hydrogen) atoms. The number of ether oxygens (including phenoxy) is 2.